The van der Waals surface area contributed by atoms with Crippen LogP contribution in [0.4, 0.5) is 0 Å². The van der Waals surface area contributed by atoms with Crippen molar-refractivity contribution in [3.8, 4) is 0 Å². The molecule has 1 rings (SSSR count). The Bertz CT molecular complexity index is 200. The molecule has 1 aliphatic heterocycles. The Morgan fingerprint density at radius 3 is 1.31 bits per heavy atom. The Morgan fingerprint density at radius 2 is 1.12 bits per heavy atom. The van der Waals surface area contributed by atoms with E-state index in [0.717, 1.165) is 25.7 Å². The second kappa shape index (κ2) is 5.09. The molecule has 16 heavy (non-hydrogen) atoms. The van der Waals surface area contributed by atoms with Gasteiger partial charge in [0.15, 0.2) is 0 Å². The molecule has 0 atom stereocenters. The second-order valence-corrected chi connectivity index (χ2v) is 5.25. The molecule has 0 radical (unpaired) electrons. The number of hydrogen-bond acceptors (Lipinski definition) is 2. The molecular formula is C13H27BO2. The Morgan fingerprint density at radius 1 is 0.812 bits per heavy atom. The van der Waals surface area contributed by atoms with Crippen molar-refractivity contribution in [2.45, 2.75) is 84.2 Å². The maximum atomic E-state index is 6.28. The molecule has 0 bridgehead atoms. The van der Waals surface area contributed by atoms with Crippen LogP contribution >= 0.6 is 0 Å². The average Bonchev–Trinajstić information content (AvgIpc) is 2.64. The van der Waals surface area contributed by atoms with Gasteiger partial charge in [0, 0.05) is 0 Å². The van der Waals surface area contributed by atoms with Gasteiger partial charge in [-0.05, 0) is 31.5 Å². The molecule has 0 saturated carbocycles. The zero-order valence-corrected chi connectivity index (χ0v) is 11.8. The first-order chi connectivity index (χ1) is 7.50. The van der Waals surface area contributed by atoms with E-state index in [-0.39, 0.29) is 18.3 Å². The average molecular weight is 226 g/mol. The van der Waals surface area contributed by atoms with Crippen LogP contribution in [-0.4, -0.2) is 18.3 Å². The van der Waals surface area contributed by atoms with E-state index in [1.54, 1.807) is 0 Å². The quantitative estimate of drug-likeness (QED) is 0.658. The smallest absolute Gasteiger partial charge is 0.402 e. The van der Waals surface area contributed by atoms with Crippen LogP contribution in [0.2, 0.25) is 5.82 Å². The van der Waals surface area contributed by atoms with Gasteiger partial charge >= 0.3 is 7.12 Å². The predicted octanol–water partition coefficient (Wildman–Crippen LogP) is 4.05. The Hall–Kier alpha value is -0.0151. The largest absolute Gasteiger partial charge is 0.460 e. The molecule has 1 fully saturated rings. The van der Waals surface area contributed by atoms with Crippen molar-refractivity contribution >= 4 is 7.12 Å². The van der Waals surface area contributed by atoms with Crippen LogP contribution in [0.25, 0.3) is 0 Å². The molecule has 3 heteroatoms. The van der Waals surface area contributed by atoms with E-state index < -0.39 is 0 Å². The summed E-state index contributed by atoms with van der Waals surface area (Å²) in [6.45, 7) is 13.2. The summed E-state index contributed by atoms with van der Waals surface area (Å²) in [5.74, 6) is 0.428. The molecule has 94 valence electrons. The fraction of sp³-hybridized carbons (Fsp3) is 1.00. The van der Waals surface area contributed by atoms with E-state index in [9.17, 15) is 0 Å². The van der Waals surface area contributed by atoms with Gasteiger partial charge in [0.25, 0.3) is 0 Å². The van der Waals surface area contributed by atoms with Gasteiger partial charge in [-0.15, -0.1) is 0 Å². The highest BCUT2D eigenvalue weighted by molar-refractivity contribution is 6.47. The van der Waals surface area contributed by atoms with Crippen LogP contribution in [0.3, 0.4) is 0 Å². The third kappa shape index (κ3) is 1.93. The Kier molecular flexibility index (Phi) is 4.47. The van der Waals surface area contributed by atoms with E-state index in [1.165, 1.54) is 0 Å². The van der Waals surface area contributed by atoms with E-state index in [0.29, 0.717) is 5.82 Å². The molecular weight excluding hydrogens is 199 g/mol. The maximum Gasteiger partial charge on any atom is 0.460 e. The number of hydrogen-bond donors (Lipinski definition) is 0. The lowest BCUT2D eigenvalue weighted by atomic mass is 9.75. The van der Waals surface area contributed by atoms with Crippen LogP contribution in [0, 0.1) is 0 Å². The van der Waals surface area contributed by atoms with Crippen LogP contribution in [0.1, 0.15) is 67.2 Å². The van der Waals surface area contributed by atoms with Gasteiger partial charge in [0.1, 0.15) is 0 Å². The highest BCUT2D eigenvalue weighted by Crippen LogP contribution is 2.48. The molecule has 0 aromatic heterocycles. The normalized spacial score (nSPS) is 23.1. The minimum absolute atomic E-state index is 0.0280. The third-order valence-electron chi connectivity index (χ3n) is 4.34. The fourth-order valence-corrected chi connectivity index (χ4v) is 3.08. The fourth-order valence-electron chi connectivity index (χ4n) is 3.08. The lowest BCUT2D eigenvalue weighted by Crippen LogP contribution is -2.50. The van der Waals surface area contributed by atoms with Gasteiger partial charge in [0.2, 0.25) is 0 Å². The molecule has 1 aliphatic rings. The van der Waals surface area contributed by atoms with Crippen molar-refractivity contribution in [3.63, 3.8) is 0 Å². The molecule has 1 saturated heterocycles. The van der Waals surface area contributed by atoms with E-state index in [1.807, 2.05) is 0 Å². The topological polar surface area (TPSA) is 18.5 Å². The van der Waals surface area contributed by atoms with Crippen molar-refractivity contribution in [2.24, 2.45) is 0 Å². The monoisotopic (exact) mass is 226 g/mol. The van der Waals surface area contributed by atoms with E-state index in [4.69, 9.17) is 9.31 Å². The highest BCUT2D eigenvalue weighted by Gasteiger charge is 2.58. The standard InChI is InChI=1S/C13H27BO2/c1-7-12(8-2)13(9-3,10-4)16-14(15-12)11(5)6/h11H,7-10H2,1-6H3. The summed E-state index contributed by atoms with van der Waals surface area (Å²) in [6.07, 6.45) is 4.14. The zero-order valence-electron chi connectivity index (χ0n) is 11.8. The van der Waals surface area contributed by atoms with Gasteiger partial charge in [0.05, 0.1) is 11.2 Å². The minimum Gasteiger partial charge on any atom is -0.402 e. The molecule has 0 aromatic carbocycles. The van der Waals surface area contributed by atoms with Crippen molar-refractivity contribution in [1.82, 2.24) is 0 Å². The summed E-state index contributed by atoms with van der Waals surface area (Å²) in [7, 11) is -0.0280. The van der Waals surface area contributed by atoms with Gasteiger partial charge < -0.3 is 9.31 Å². The summed E-state index contributed by atoms with van der Waals surface area (Å²) in [4.78, 5) is 0. The van der Waals surface area contributed by atoms with Crippen LogP contribution < -0.4 is 0 Å². The van der Waals surface area contributed by atoms with Crippen molar-refractivity contribution < 1.29 is 9.31 Å². The molecule has 0 spiro atoms. The molecule has 0 amide bonds. The Balaban J connectivity index is 3.03. The molecule has 1 heterocycles. The van der Waals surface area contributed by atoms with Crippen LogP contribution in [-0.2, 0) is 9.31 Å². The first-order valence-electron chi connectivity index (χ1n) is 6.86. The van der Waals surface area contributed by atoms with E-state index >= 15 is 0 Å². The molecule has 2 nitrogen and oxygen atoms in total. The maximum absolute atomic E-state index is 6.28. The van der Waals surface area contributed by atoms with Gasteiger partial charge in [-0.3, -0.25) is 0 Å². The third-order valence-corrected chi connectivity index (χ3v) is 4.34. The lowest BCUT2D eigenvalue weighted by Gasteiger charge is -2.42. The lowest BCUT2D eigenvalue weighted by molar-refractivity contribution is -0.0601. The summed E-state index contributed by atoms with van der Waals surface area (Å²) in [5.41, 5.74) is -0.156. The van der Waals surface area contributed by atoms with Crippen LogP contribution in [0.15, 0.2) is 0 Å². The van der Waals surface area contributed by atoms with Crippen LogP contribution in [0.5, 0.6) is 0 Å². The first kappa shape index (κ1) is 14.0. The molecule has 0 aromatic rings. The van der Waals surface area contributed by atoms with Crippen molar-refractivity contribution in [3.05, 3.63) is 0 Å². The van der Waals surface area contributed by atoms with E-state index in [2.05, 4.69) is 41.5 Å². The van der Waals surface area contributed by atoms with Gasteiger partial charge in [-0.2, -0.15) is 0 Å². The summed E-state index contributed by atoms with van der Waals surface area (Å²) >= 11 is 0. The molecule has 0 aliphatic carbocycles. The summed E-state index contributed by atoms with van der Waals surface area (Å²) in [6, 6.07) is 0. The zero-order chi connectivity index (χ0) is 12.4. The summed E-state index contributed by atoms with van der Waals surface area (Å²) < 4.78 is 12.6. The first-order valence-corrected chi connectivity index (χ1v) is 6.86. The van der Waals surface area contributed by atoms with Gasteiger partial charge in [-0.1, -0.05) is 41.5 Å². The summed E-state index contributed by atoms with van der Waals surface area (Å²) in [5, 5.41) is 0. The number of rotatable bonds is 5. The van der Waals surface area contributed by atoms with Crippen molar-refractivity contribution in [1.29, 1.82) is 0 Å². The minimum atomic E-state index is -0.0779. The highest BCUT2D eigenvalue weighted by atomic mass is 16.7. The second-order valence-electron chi connectivity index (χ2n) is 5.25. The van der Waals surface area contributed by atoms with Crippen molar-refractivity contribution in [2.75, 3.05) is 0 Å². The SMILES string of the molecule is CCC1(CC)OB(C(C)C)OC1(CC)CC. The predicted molar refractivity (Wildman–Crippen MR) is 69.6 cm³/mol. The van der Waals surface area contributed by atoms with Gasteiger partial charge in [-0.25, -0.2) is 0 Å². The Labute approximate surface area is 101 Å². The molecule has 0 unspecified atom stereocenters. The molecule has 0 N–H and O–H groups in total.